The fourth-order valence-corrected chi connectivity index (χ4v) is 2.40. The summed E-state index contributed by atoms with van der Waals surface area (Å²) in [4.78, 5) is 4.44. The molecule has 0 saturated heterocycles. The van der Waals surface area contributed by atoms with Crippen LogP contribution in [0.15, 0.2) is 33.2 Å². The number of halogens is 2. The molecule has 2 nitrogen and oxygen atoms in total. The summed E-state index contributed by atoms with van der Waals surface area (Å²) in [5, 5.41) is 0. The number of benzene rings is 1. The molecule has 0 amide bonds. The van der Waals surface area contributed by atoms with Crippen molar-refractivity contribution in [1.82, 2.24) is 4.98 Å². The Labute approximate surface area is 110 Å². The van der Waals surface area contributed by atoms with Crippen LogP contribution in [0.4, 0.5) is 0 Å². The van der Waals surface area contributed by atoms with E-state index >= 15 is 0 Å². The number of alkyl halides is 1. The van der Waals surface area contributed by atoms with E-state index in [0.717, 1.165) is 25.9 Å². The van der Waals surface area contributed by atoms with Crippen molar-refractivity contribution in [1.29, 1.82) is 0 Å². The first-order valence-electron chi connectivity index (χ1n) is 4.49. The molecular formula is C11H9BrINO. The van der Waals surface area contributed by atoms with Crippen LogP contribution in [0.2, 0.25) is 0 Å². The zero-order chi connectivity index (χ0) is 10.8. The maximum Gasteiger partial charge on any atom is 0.226 e. The Balaban J connectivity index is 2.45. The second kappa shape index (κ2) is 4.65. The first-order valence-corrected chi connectivity index (χ1v) is 6.81. The zero-order valence-corrected chi connectivity index (χ0v) is 11.9. The molecule has 0 spiro atoms. The topological polar surface area (TPSA) is 26.0 Å². The molecule has 0 aliphatic rings. The van der Waals surface area contributed by atoms with Gasteiger partial charge in [-0.2, -0.15) is 0 Å². The van der Waals surface area contributed by atoms with E-state index in [-0.39, 0.29) is 0 Å². The average Bonchev–Trinajstić information content (AvgIpc) is 2.60. The molecule has 2 rings (SSSR count). The molecule has 4 heteroatoms. The van der Waals surface area contributed by atoms with E-state index in [0.29, 0.717) is 5.89 Å². The first-order chi connectivity index (χ1) is 7.20. The third-order valence-electron chi connectivity index (χ3n) is 2.09. The lowest BCUT2D eigenvalue weighted by Crippen LogP contribution is -1.80. The van der Waals surface area contributed by atoms with Gasteiger partial charge >= 0.3 is 0 Å². The summed E-state index contributed by atoms with van der Waals surface area (Å²) in [6.07, 6.45) is 0. The van der Waals surface area contributed by atoms with Crippen molar-refractivity contribution in [3.8, 4) is 11.5 Å². The fraction of sp³-hybridized carbons (Fsp3) is 0.182. The third kappa shape index (κ3) is 2.42. The van der Waals surface area contributed by atoms with Crippen LogP contribution >= 0.6 is 38.5 Å². The molecule has 0 unspecified atom stereocenters. The molecule has 15 heavy (non-hydrogen) atoms. The van der Waals surface area contributed by atoms with Crippen LogP contribution in [0, 0.1) is 6.92 Å². The number of nitrogens with zero attached hydrogens (tertiary/aromatic N) is 1. The SMILES string of the molecule is Cc1oc(-c2cccc(Br)c2)nc1CI. The summed E-state index contributed by atoms with van der Waals surface area (Å²) in [6, 6.07) is 7.95. The molecule has 1 heterocycles. The highest BCUT2D eigenvalue weighted by Crippen LogP contribution is 2.25. The summed E-state index contributed by atoms with van der Waals surface area (Å²) in [5.74, 6) is 1.60. The van der Waals surface area contributed by atoms with E-state index in [1.165, 1.54) is 0 Å². The Morgan fingerprint density at radius 3 is 2.87 bits per heavy atom. The van der Waals surface area contributed by atoms with Gasteiger partial charge in [0.25, 0.3) is 0 Å². The molecule has 0 atom stereocenters. The quantitative estimate of drug-likeness (QED) is 0.574. The number of rotatable bonds is 2. The number of aromatic nitrogens is 1. The van der Waals surface area contributed by atoms with Crippen molar-refractivity contribution >= 4 is 38.5 Å². The highest BCUT2D eigenvalue weighted by Gasteiger charge is 2.09. The summed E-state index contributed by atoms with van der Waals surface area (Å²) in [7, 11) is 0. The summed E-state index contributed by atoms with van der Waals surface area (Å²) in [6.45, 7) is 1.95. The largest absolute Gasteiger partial charge is 0.441 e. The molecule has 78 valence electrons. The smallest absolute Gasteiger partial charge is 0.226 e. The van der Waals surface area contributed by atoms with Crippen molar-refractivity contribution in [3.63, 3.8) is 0 Å². The van der Waals surface area contributed by atoms with Crippen LogP contribution in [0.1, 0.15) is 11.5 Å². The van der Waals surface area contributed by atoms with Gasteiger partial charge in [0, 0.05) is 14.5 Å². The van der Waals surface area contributed by atoms with E-state index in [9.17, 15) is 0 Å². The van der Waals surface area contributed by atoms with Gasteiger partial charge in [-0.05, 0) is 25.1 Å². The van der Waals surface area contributed by atoms with E-state index < -0.39 is 0 Å². The second-order valence-corrected chi connectivity index (χ2v) is 4.84. The Kier molecular flexibility index (Phi) is 3.45. The van der Waals surface area contributed by atoms with Crippen molar-refractivity contribution in [2.45, 2.75) is 11.4 Å². The van der Waals surface area contributed by atoms with Gasteiger partial charge in [-0.1, -0.05) is 44.6 Å². The molecule has 0 N–H and O–H groups in total. The Bertz CT molecular complexity index is 481. The summed E-state index contributed by atoms with van der Waals surface area (Å²) >= 11 is 5.72. The monoisotopic (exact) mass is 377 g/mol. The Morgan fingerprint density at radius 1 is 1.47 bits per heavy atom. The highest BCUT2D eigenvalue weighted by atomic mass is 127. The van der Waals surface area contributed by atoms with Gasteiger partial charge in [-0.3, -0.25) is 0 Å². The second-order valence-electron chi connectivity index (χ2n) is 3.17. The molecule has 1 aromatic heterocycles. The lowest BCUT2D eigenvalue weighted by atomic mass is 10.2. The fourth-order valence-electron chi connectivity index (χ4n) is 1.30. The number of hydrogen-bond acceptors (Lipinski definition) is 2. The Morgan fingerprint density at radius 2 is 2.27 bits per heavy atom. The van der Waals surface area contributed by atoms with Crippen molar-refractivity contribution in [2.24, 2.45) is 0 Å². The van der Waals surface area contributed by atoms with Crippen LogP contribution < -0.4 is 0 Å². The zero-order valence-electron chi connectivity index (χ0n) is 8.13. The minimum atomic E-state index is 0.695. The maximum absolute atomic E-state index is 5.61. The maximum atomic E-state index is 5.61. The van der Waals surface area contributed by atoms with Crippen LogP contribution in [0.25, 0.3) is 11.5 Å². The van der Waals surface area contributed by atoms with Crippen LogP contribution in [0.3, 0.4) is 0 Å². The molecule has 2 aromatic rings. The standard InChI is InChI=1S/C11H9BrINO/c1-7-10(6-13)14-11(15-7)8-3-2-4-9(12)5-8/h2-5H,6H2,1H3. The normalized spacial score (nSPS) is 10.6. The molecule has 0 fully saturated rings. The summed E-state index contributed by atoms with van der Waals surface area (Å²) < 4.78 is 7.52. The molecule has 0 aliphatic carbocycles. The molecule has 0 bridgehead atoms. The van der Waals surface area contributed by atoms with Gasteiger partial charge in [-0.25, -0.2) is 4.98 Å². The molecule has 0 aliphatic heterocycles. The van der Waals surface area contributed by atoms with Crippen LogP contribution in [-0.2, 0) is 4.43 Å². The summed E-state index contributed by atoms with van der Waals surface area (Å²) in [5.41, 5.74) is 2.02. The Hall–Kier alpha value is -0.360. The van der Waals surface area contributed by atoms with E-state index in [4.69, 9.17) is 4.42 Å². The van der Waals surface area contributed by atoms with Crippen LogP contribution in [0.5, 0.6) is 0 Å². The van der Waals surface area contributed by atoms with Crippen molar-refractivity contribution in [2.75, 3.05) is 0 Å². The molecule has 0 radical (unpaired) electrons. The third-order valence-corrected chi connectivity index (χ3v) is 3.31. The van der Waals surface area contributed by atoms with Gasteiger partial charge < -0.3 is 4.42 Å². The predicted octanol–water partition coefficient (Wildman–Crippen LogP) is 4.35. The van der Waals surface area contributed by atoms with Gasteiger partial charge in [0.15, 0.2) is 0 Å². The minimum Gasteiger partial charge on any atom is -0.441 e. The van der Waals surface area contributed by atoms with Gasteiger partial charge in [0.2, 0.25) is 5.89 Å². The minimum absolute atomic E-state index is 0.695. The highest BCUT2D eigenvalue weighted by molar-refractivity contribution is 14.1. The number of aryl methyl sites for hydroxylation is 1. The van der Waals surface area contributed by atoms with Crippen molar-refractivity contribution in [3.05, 3.63) is 40.2 Å². The van der Waals surface area contributed by atoms with Crippen molar-refractivity contribution < 1.29 is 4.42 Å². The van der Waals surface area contributed by atoms with Gasteiger partial charge in [0.1, 0.15) is 5.76 Å². The molecule has 1 aromatic carbocycles. The van der Waals surface area contributed by atoms with E-state index in [2.05, 4.69) is 43.5 Å². The number of hydrogen-bond donors (Lipinski definition) is 0. The van der Waals surface area contributed by atoms with E-state index in [1.807, 2.05) is 31.2 Å². The molecule has 0 saturated carbocycles. The van der Waals surface area contributed by atoms with Gasteiger partial charge in [-0.15, -0.1) is 0 Å². The van der Waals surface area contributed by atoms with E-state index in [1.54, 1.807) is 0 Å². The van der Waals surface area contributed by atoms with Gasteiger partial charge in [0.05, 0.1) is 5.69 Å². The number of oxazole rings is 1. The first kappa shape index (κ1) is 11.1. The average molecular weight is 378 g/mol. The molecular weight excluding hydrogens is 369 g/mol. The predicted molar refractivity (Wildman–Crippen MR) is 72.1 cm³/mol. The van der Waals surface area contributed by atoms with Crippen LogP contribution in [-0.4, -0.2) is 4.98 Å². The lowest BCUT2D eigenvalue weighted by Gasteiger charge is -1.95. The lowest BCUT2D eigenvalue weighted by molar-refractivity contribution is 0.540.